The van der Waals surface area contributed by atoms with Gasteiger partial charge in [0.05, 0.1) is 0 Å². The summed E-state index contributed by atoms with van der Waals surface area (Å²) in [5.41, 5.74) is 1.77. The minimum atomic E-state index is 0.177. The smallest absolute Gasteiger partial charge is 0.140 e. The highest BCUT2D eigenvalue weighted by atomic mass is 15.1. The van der Waals surface area contributed by atoms with Crippen molar-refractivity contribution in [3.05, 3.63) is 29.6 Å². The summed E-state index contributed by atoms with van der Waals surface area (Å²) in [5, 5.41) is 15.6. The van der Waals surface area contributed by atoms with Crippen LogP contribution in [0, 0.1) is 11.3 Å². The predicted molar refractivity (Wildman–Crippen MR) is 61.7 cm³/mol. The van der Waals surface area contributed by atoms with Crippen LogP contribution in [0.4, 0.5) is 0 Å². The molecule has 0 aliphatic carbocycles. The molecule has 1 aromatic heterocycles. The van der Waals surface area contributed by atoms with E-state index in [1.54, 1.807) is 6.20 Å². The third-order valence-corrected chi connectivity index (χ3v) is 3.03. The molecule has 2 rings (SSSR count). The van der Waals surface area contributed by atoms with Crippen LogP contribution < -0.4 is 10.6 Å². The third-order valence-electron chi connectivity index (χ3n) is 3.03. The quantitative estimate of drug-likeness (QED) is 0.784. The average molecular weight is 216 g/mol. The molecule has 1 atom stereocenters. The number of rotatable bonds is 3. The summed E-state index contributed by atoms with van der Waals surface area (Å²) >= 11 is 0. The predicted octanol–water partition coefficient (Wildman–Crippen LogP) is 0.795. The van der Waals surface area contributed by atoms with Crippen molar-refractivity contribution in [3.63, 3.8) is 0 Å². The fourth-order valence-corrected chi connectivity index (χ4v) is 1.93. The Labute approximate surface area is 95.7 Å². The average Bonchev–Trinajstić information content (AvgIpc) is 2.75. The van der Waals surface area contributed by atoms with Crippen LogP contribution in [0.2, 0.25) is 0 Å². The van der Waals surface area contributed by atoms with Gasteiger partial charge in [0.1, 0.15) is 11.8 Å². The van der Waals surface area contributed by atoms with Gasteiger partial charge in [0, 0.05) is 24.8 Å². The van der Waals surface area contributed by atoms with Gasteiger partial charge in [-0.3, -0.25) is 0 Å². The van der Waals surface area contributed by atoms with Crippen LogP contribution in [0.3, 0.4) is 0 Å². The number of pyridine rings is 1. The Bertz CT molecular complexity index is 402. The second-order valence-corrected chi connectivity index (χ2v) is 4.50. The third kappa shape index (κ3) is 2.57. The monoisotopic (exact) mass is 216 g/mol. The molecule has 1 fully saturated rings. The number of nitriles is 1. The Morgan fingerprint density at radius 3 is 3.25 bits per heavy atom. The number of nitrogens with one attached hydrogen (secondary N) is 2. The summed E-state index contributed by atoms with van der Waals surface area (Å²) in [4.78, 5) is 3.95. The molecular weight excluding hydrogens is 200 g/mol. The highest BCUT2D eigenvalue weighted by Gasteiger charge is 2.27. The second kappa shape index (κ2) is 4.60. The molecule has 0 spiro atoms. The topological polar surface area (TPSA) is 60.7 Å². The Balaban J connectivity index is 1.96. The maximum atomic E-state index is 8.75. The van der Waals surface area contributed by atoms with Crippen molar-refractivity contribution in [2.45, 2.75) is 25.4 Å². The van der Waals surface area contributed by atoms with E-state index in [9.17, 15) is 0 Å². The van der Waals surface area contributed by atoms with Crippen molar-refractivity contribution >= 4 is 0 Å². The number of hydrogen-bond donors (Lipinski definition) is 2. The fraction of sp³-hybridized carbons (Fsp3) is 0.500. The van der Waals surface area contributed by atoms with Gasteiger partial charge in [-0.2, -0.15) is 5.26 Å². The first-order valence-corrected chi connectivity index (χ1v) is 5.53. The zero-order valence-electron chi connectivity index (χ0n) is 9.45. The Morgan fingerprint density at radius 2 is 2.56 bits per heavy atom. The van der Waals surface area contributed by atoms with Crippen LogP contribution >= 0.6 is 0 Å². The molecule has 16 heavy (non-hydrogen) atoms. The van der Waals surface area contributed by atoms with E-state index in [2.05, 4.69) is 28.6 Å². The van der Waals surface area contributed by atoms with Crippen LogP contribution in [-0.2, 0) is 6.54 Å². The maximum absolute atomic E-state index is 8.75. The van der Waals surface area contributed by atoms with E-state index >= 15 is 0 Å². The molecule has 4 heteroatoms. The van der Waals surface area contributed by atoms with Crippen LogP contribution in [0.1, 0.15) is 24.6 Å². The largest absolute Gasteiger partial charge is 0.315 e. The first-order valence-electron chi connectivity index (χ1n) is 5.53. The van der Waals surface area contributed by atoms with Crippen molar-refractivity contribution in [2.75, 3.05) is 13.1 Å². The number of hydrogen-bond acceptors (Lipinski definition) is 4. The van der Waals surface area contributed by atoms with Crippen LogP contribution in [0.15, 0.2) is 18.3 Å². The summed E-state index contributed by atoms with van der Waals surface area (Å²) < 4.78 is 0. The Morgan fingerprint density at radius 1 is 1.69 bits per heavy atom. The molecule has 0 aromatic carbocycles. The molecule has 1 aliphatic heterocycles. The number of aromatic nitrogens is 1. The van der Waals surface area contributed by atoms with E-state index in [0.29, 0.717) is 5.69 Å². The highest BCUT2D eigenvalue weighted by molar-refractivity contribution is 5.25. The van der Waals surface area contributed by atoms with Gasteiger partial charge in [-0.05, 0) is 37.6 Å². The van der Waals surface area contributed by atoms with E-state index in [-0.39, 0.29) is 5.54 Å². The van der Waals surface area contributed by atoms with Gasteiger partial charge >= 0.3 is 0 Å². The van der Waals surface area contributed by atoms with E-state index in [4.69, 9.17) is 5.26 Å². The highest BCUT2D eigenvalue weighted by Crippen LogP contribution is 2.14. The summed E-state index contributed by atoms with van der Waals surface area (Å²) in [6.07, 6.45) is 2.83. The van der Waals surface area contributed by atoms with E-state index in [1.807, 2.05) is 12.1 Å². The van der Waals surface area contributed by atoms with Crippen LogP contribution in [0.25, 0.3) is 0 Å². The van der Waals surface area contributed by atoms with Gasteiger partial charge in [-0.15, -0.1) is 0 Å². The molecule has 2 N–H and O–H groups in total. The lowest BCUT2D eigenvalue weighted by Gasteiger charge is -2.24. The van der Waals surface area contributed by atoms with Gasteiger partial charge in [-0.25, -0.2) is 4.98 Å². The maximum Gasteiger partial charge on any atom is 0.140 e. The lowest BCUT2D eigenvalue weighted by molar-refractivity contribution is 0.385. The van der Waals surface area contributed by atoms with Crippen molar-refractivity contribution in [1.82, 2.24) is 15.6 Å². The molecular formula is C12H16N4. The fourth-order valence-electron chi connectivity index (χ4n) is 1.93. The molecule has 1 unspecified atom stereocenters. The van der Waals surface area contributed by atoms with Gasteiger partial charge in [0.2, 0.25) is 0 Å². The molecule has 1 aromatic rings. The van der Waals surface area contributed by atoms with Crippen LogP contribution in [-0.4, -0.2) is 23.6 Å². The zero-order valence-corrected chi connectivity index (χ0v) is 9.45. The molecule has 0 radical (unpaired) electrons. The molecule has 0 saturated carbocycles. The van der Waals surface area contributed by atoms with Crippen molar-refractivity contribution in [2.24, 2.45) is 0 Å². The van der Waals surface area contributed by atoms with Gasteiger partial charge in [-0.1, -0.05) is 0 Å². The van der Waals surface area contributed by atoms with Crippen molar-refractivity contribution < 1.29 is 0 Å². The van der Waals surface area contributed by atoms with Gasteiger partial charge in [0.15, 0.2) is 0 Å². The first-order chi connectivity index (χ1) is 7.72. The SMILES string of the molecule is CC1(NCc2ccnc(C#N)c2)CCNC1. The van der Waals surface area contributed by atoms with E-state index < -0.39 is 0 Å². The summed E-state index contributed by atoms with van der Waals surface area (Å²) in [6, 6.07) is 5.83. The molecule has 1 saturated heterocycles. The Kier molecular flexibility index (Phi) is 3.18. The standard InChI is InChI=1S/C12H16N4/c1-12(3-5-14-9-12)16-8-10-2-4-15-11(6-10)7-13/h2,4,6,14,16H,3,5,8-9H2,1H3. The molecule has 0 bridgehead atoms. The zero-order chi connectivity index (χ0) is 11.4. The molecule has 4 nitrogen and oxygen atoms in total. The minimum absolute atomic E-state index is 0.177. The van der Waals surface area contributed by atoms with E-state index in [0.717, 1.165) is 31.6 Å². The lowest BCUT2D eigenvalue weighted by atomic mass is 10.0. The first kappa shape index (κ1) is 11.1. The van der Waals surface area contributed by atoms with Crippen molar-refractivity contribution in [3.8, 4) is 6.07 Å². The van der Waals surface area contributed by atoms with Crippen molar-refractivity contribution in [1.29, 1.82) is 5.26 Å². The molecule has 1 aliphatic rings. The molecule has 84 valence electrons. The Hall–Kier alpha value is -1.44. The molecule has 2 heterocycles. The molecule has 0 amide bonds. The number of nitrogens with zero attached hydrogens (tertiary/aromatic N) is 2. The minimum Gasteiger partial charge on any atom is -0.315 e. The van der Waals surface area contributed by atoms with E-state index in [1.165, 1.54) is 0 Å². The summed E-state index contributed by atoms with van der Waals surface area (Å²) in [5.74, 6) is 0. The lowest BCUT2D eigenvalue weighted by Crippen LogP contribution is -2.43. The van der Waals surface area contributed by atoms with Crippen LogP contribution in [0.5, 0.6) is 0 Å². The summed E-state index contributed by atoms with van der Waals surface area (Å²) in [7, 11) is 0. The van der Waals surface area contributed by atoms with Gasteiger partial charge in [0.25, 0.3) is 0 Å². The summed E-state index contributed by atoms with van der Waals surface area (Å²) in [6.45, 7) is 5.08. The van der Waals surface area contributed by atoms with Gasteiger partial charge < -0.3 is 10.6 Å². The normalized spacial score (nSPS) is 24.2. The second-order valence-electron chi connectivity index (χ2n) is 4.50.